The van der Waals surface area contributed by atoms with Crippen LogP contribution in [0.1, 0.15) is 38.1 Å². The second-order valence-electron chi connectivity index (χ2n) is 5.44. The van der Waals surface area contributed by atoms with Crippen molar-refractivity contribution >= 4 is 5.95 Å². The van der Waals surface area contributed by atoms with Gasteiger partial charge < -0.3 is 15.0 Å². The summed E-state index contributed by atoms with van der Waals surface area (Å²) in [5, 5.41) is 12.2. The van der Waals surface area contributed by atoms with Crippen molar-refractivity contribution in [2.45, 2.75) is 45.6 Å². The molecular formula is C15H27N5O. The SMILES string of the molecule is CCc1nnc(N(CCOC)CC2CCCN2)nc1CC. The molecule has 1 N–H and O–H groups in total. The molecule has 2 rings (SSSR count). The van der Waals surface area contributed by atoms with E-state index in [0.717, 1.165) is 49.8 Å². The van der Waals surface area contributed by atoms with Crippen LogP contribution < -0.4 is 10.2 Å². The van der Waals surface area contributed by atoms with Crippen molar-refractivity contribution in [1.82, 2.24) is 20.5 Å². The Kier molecular flexibility index (Phi) is 6.32. The average molecular weight is 293 g/mol. The van der Waals surface area contributed by atoms with E-state index in [1.165, 1.54) is 12.8 Å². The highest BCUT2D eigenvalue weighted by molar-refractivity contribution is 5.31. The summed E-state index contributed by atoms with van der Waals surface area (Å²) in [6, 6.07) is 0.515. The molecule has 1 unspecified atom stereocenters. The molecule has 118 valence electrons. The Balaban J connectivity index is 2.14. The van der Waals surface area contributed by atoms with E-state index in [9.17, 15) is 0 Å². The Morgan fingerprint density at radius 2 is 2.05 bits per heavy atom. The normalized spacial score (nSPS) is 18.1. The van der Waals surface area contributed by atoms with Crippen molar-refractivity contribution in [2.75, 3.05) is 38.3 Å². The zero-order valence-corrected chi connectivity index (χ0v) is 13.4. The Hall–Kier alpha value is -1.27. The first-order chi connectivity index (χ1) is 10.3. The van der Waals surface area contributed by atoms with Crippen LogP contribution in [0.5, 0.6) is 0 Å². The molecule has 0 bridgehead atoms. The van der Waals surface area contributed by atoms with Crippen molar-refractivity contribution in [2.24, 2.45) is 0 Å². The third-order valence-electron chi connectivity index (χ3n) is 3.95. The molecule has 1 aliphatic heterocycles. The molecular weight excluding hydrogens is 266 g/mol. The molecule has 0 aliphatic carbocycles. The molecule has 1 atom stereocenters. The van der Waals surface area contributed by atoms with Gasteiger partial charge in [-0.2, -0.15) is 5.10 Å². The van der Waals surface area contributed by atoms with Gasteiger partial charge in [-0.25, -0.2) is 4.98 Å². The average Bonchev–Trinajstić information content (AvgIpc) is 3.03. The Morgan fingerprint density at radius 3 is 2.67 bits per heavy atom. The van der Waals surface area contributed by atoms with E-state index in [4.69, 9.17) is 9.72 Å². The minimum absolute atomic E-state index is 0.515. The summed E-state index contributed by atoms with van der Waals surface area (Å²) in [6.45, 7) is 7.70. The van der Waals surface area contributed by atoms with E-state index < -0.39 is 0 Å². The fourth-order valence-electron chi connectivity index (χ4n) is 2.72. The van der Waals surface area contributed by atoms with E-state index in [1.807, 2.05) is 0 Å². The summed E-state index contributed by atoms with van der Waals surface area (Å²) in [4.78, 5) is 6.92. The molecule has 0 aromatic carbocycles. The number of nitrogens with one attached hydrogen (secondary N) is 1. The largest absolute Gasteiger partial charge is 0.383 e. The van der Waals surface area contributed by atoms with Crippen molar-refractivity contribution < 1.29 is 4.74 Å². The summed E-state index contributed by atoms with van der Waals surface area (Å²) in [7, 11) is 1.72. The first kappa shape index (κ1) is 16.1. The molecule has 1 aromatic rings. The van der Waals surface area contributed by atoms with Gasteiger partial charge in [-0.3, -0.25) is 0 Å². The van der Waals surface area contributed by atoms with Crippen molar-refractivity contribution in [3.05, 3.63) is 11.4 Å². The topological polar surface area (TPSA) is 63.2 Å². The smallest absolute Gasteiger partial charge is 0.245 e. The molecule has 0 radical (unpaired) electrons. The molecule has 21 heavy (non-hydrogen) atoms. The van der Waals surface area contributed by atoms with Crippen molar-refractivity contribution in [3.8, 4) is 0 Å². The molecule has 2 heterocycles. The van der Waals surface area contributed by atoms with Crippen LogP contribution in [0.2, 0.25) is 0 Å². The minimum atomic E-state index is 0.515. The van der Waals surface area contributed by atoms with Crippen LogP contribution in [0.15, 0.2) is 0 Å². The summed E-state index contributed by atoms with van der Waals surface area (Å²) in [6.07, 6.45) is 4.23. The predicted octanol–water partition coefficient (Wildman–Crippen LogP) is 1.20. The minimum Gasteiger partial charge on any atom is -0.383 e. The molecule has 6 nitrogen and oxygen atoms in total. The van der Waals surface area contributed by atoms with Crippen molar-refractivity contribution in [3.63, 3.8) is 0 Å². The Morgan fingerprint density at radius 1 is 1.24 bits per heavy atom. The highest BCUT2D eigenvalue weighted by Gasteiger charge is 2.20. The van der Waals surface area contributed by atoms with Crippen LogP contribution in [-0.2, 0) is 17.6 Å². The van der Waals surface area contributed by atoms with Crippen LogP contribution in [0.3, 0.4) is 0 Å². The number of ether oxygens (including phenoxy) is 1. The summed E-state index contributed by atoms with van der Waals surface area (Å²) < 4.78 is 5.22. The monoisotopic (exact) mass is 293 g/mol. The van der Waals surface area contributed by atoms with Gasteiger partial charge in [0.05, 0.1) is 18.0 Å². The summed E-state index contributed by atoms with van der Waals surface area (Å²) in [5.74, 6) is 0.731. The van der Waals surface area contributed by atoms with Gasteiger partial charge in [-0.05, 0) is 32.2 Å². The lowest BCUT2D eigenvalue weighted by molar-refractivity contribution is 0.204. The van der Waals surface area contributed by atoms with E-state index in [-0.39, 0.29) is 0 Å². The van der Waals surface area contributed by atoms with Gasteiger partial charge in [0.15, 0.2) is 0 Å². The lowest BCUT2D eigenvalue weighted by Gasteiger charge is -2.25. The summed E-state index contributed by atoms with van der Waals surface area (Å²) in [5.41, 5.74) is 2.07. The number of aromatic nitrogens is 3. The standard InChI is InChI=1S/C15H27N5O/c1-4-13-14(5-2)18-19-15(17-13)20(9-10-21-3)11-12-7-6-8-16-12/h12,16H,4-11H2,1-3H3. The molecule has 1 fully saturated rings. The lowest BCUT2D eigenvalue weighted by Crippen LogP contribution is -2.40. The highest BCUT2D eigenvalue weighted by Crippen LogP contribution is 2.14. The van der Waals surface area contributed by atoms with E-state index in [0.29, 0.717) is 12.6 Å². The molecule has 0 spiro atoms. The molecule has 0 saturated carbocycles. The zero-order chi connectivity index (χ0) is 15.1. The van der Waals surface area contributed by atoms with E-state index in [1.54, 1.807) is 7.11 Å². The first-order valence-electron chi connectivity index (χ1n) is 7.98. The Bertz CT molecular complexity index is 434. The van der Waals surface area contributed by atoms with Gasteiger partial charge >= 0.3 is 0 Å². The maximum atomic E-state index is 5.22. The fraction of sp³-hybridized carbons (Fsp3) is 0.800. The Labute approximate surface area is 127 Å². The lowest BCUT2D eigenvalue weighted by atomic mass is 10.2. The highest BCUT2D eigenvalue weighted by atomic mass is 16.5. The number of hydrogen-bond donors (Lipinski definition) is 1. The van der Waals surface area contributed by atoms with Gasteiger partial charge in [-0.15, -0.1) is 5.10 Å². The van der Waals surface area contributed by atoms with Gasteiger partial charge in [0.25, 0.3) is 0 Å². The number of anilines is 1. The van der Waals surface area contributed by atoms with Crippen LogP contribution in [0, 0.1) is 0 Å². The molecule has 6 heteroatoms. The number of aryl methyl sites for hydroxylation is 2. The molecule has 1 aromatic heterocycles. The maximum Gasteiger partial charge on any atom is 0.245 e. The summed E-state index contributed by atoms with van der Waals surface area (Å²) >= 11 is 0. The number of hydrogen-bond acceptors (Lipinski definition) is 6. The maximum absolute atomic E-state index is 5.22. The van der Waals surface area contributed by atoms with Crippen LogP contribution in [-0.4, -0.2) is 54.6 Å². The van der Waals surface area contributed by atoms with Gasteiger partial charge in [0.1, 0.15) is 0 Å². The van der Waals surface area contributed by atoms with Crippen molar-refractivity contribution in [1.29, 1.82) is 0 Å². The second kappa shape index (κ2) is 8.24. The van der Waals surface area contributed by atoms with E-state index in [2.05, 4.69) is 34.3 Å². The van der Waals surface area contributed by atoms with Crippen LogP contribution >= 0.6 is 0 Å². The van der Waals surface area contributed by atoms with Crippen LogP contribution in [0.4, 0.5) is 5.95 Å². The number of rotatable bonds is 8. The van der Waals surface area contributed by atoms with Gasteiger partial charge in [0, 0.05) is 26.2 Å². The van der Waals surface area contributed by atoms with Crippen LogP contribution in [0.25, 0.3) is 0 Å². The predicted molar refractivity (Wildman–Crippen MR) is 83.7 cm³/mol. The quantitative estimate of drug-likeness (QED) is 0.777. The fourth-order valence-corrected chi connectivity index (χ4v) is 2.72. The molecule has 0 amide bonds. The number of methoxy groups -OCH3 is 1. The van der Waals surface area contributed by atoms with Gasteiger partial charge in [0.2, 0.25) is 5.95 Å². The zero-order valence-electron chi connectivity index (χ0n) is 13.4. The molecule has 1 aliphatic rings. The molecule has 1 saturated heterocycles. The first-order valence-corrected chi connectivity index (χ1v) is 7.98. The van der Waals surface area contributed by atoms with E-state index >= 15 is 0 Å². The van der Waals surface area contributed by atoms with Gasteiger partial charge in [-0.1, -0.05) is 13.8 Å². The second-order valence-corrected chi connectivity index (χ2v) is 5.44. The number of nitrogens with zero attached hydrogens (tertiary/aromatic N) is 4. The third-order valence-corrected chi connectivity index (χ3v) is 3.95. The third kappa shape index (κ3) is 4.35.